The molecule has 0 saturated heterocycles. The van der Waals surface area contributed by atoms with Crippen molar-refractivity contribution < 1.29 is 19.5 Å². The van der Waals surface area contributed by atoms with E-state index in [1.165, 1.54) is 0 Å². The Morgan fingerprint density at radius 3 is 1.14 bits per heavy atom. The minimum atomic E-state index is -3.13. The first-order chi connectivity index (χ1) is 1.73. The van der Waals surface area contributed by atoms with Gasteiger partial charge in [0.05, 0.1) is 0 Å². The monoisotopic (exact) mass is 270 g/mol. The van der Waals surface area contributed by atoms with E-state index >= 15 is 0 Å². The molecule has 0 aromatic rings. The molecule has 0 spiro atoms. The van der Waals surface area contributed by atoms with E-state index in [0.29, 0.717) is 0 Å². The molecule has 0 unspecified atom stereocenters. The van der Waals surface area contributed by atoms with Gasteiger partial charge in [-0.15, -0.1) is 0 Å². The van der Waals surface area contributed by atoms with E-state index in [1.807, 2.05) is 0 Å². The van der Waals surface area contributed by atoms with Crippen molar-refractivity contribution in [2.45, 2.75) is 0 Å². The molecule has 0 saturated carbocycles. The summed E-state index contributed by atoms with van der Waals surface area (Å²) in [5, 5.41) is 0. The normalized spacial score (nSPS) is 3.43. The molecule has 7 heteroatoms. The van der Waals surface area contributed by atoms with E-state index in [4.69, 9.17) is 14.1 Å². The van der Waals surface area contributed by atoms with Crippen molar-refractivity contribution >= 4 is 100 Å². The van der Waals surface area contributed by atoms with Crippen LogP contribution in [0, 0.1) is 0 Å². The SMILES string of the molecule is O=[Si](O)O.[O-2].[Sr+2].[Sr+2]. The molecule has 4 nitrogen and oxygen atoms in total. The molecule has 7 heavy (non-hydrogen) atoms. The summed E-state index contributed by atoms with van der Waals surface area (Å²) in [5.41, 5.74) is 0. The van der Waals surface area contributed by atoms with Crippen molar-refractivity contribution in [3.63, 3.8) is 0 Å². The third kappa shape index (κ3) is 56.7. The Hall–Kier alpha value is 2.54. The van der Waals surface area contributed by atoms with Crippen LogP contribution >= 0.6 is 0 Å². The van der Waals surface area contributed by atoms with Crippen molar-refractivity contribution in [1.82, 2.24) is 0 Å². The van der Waals surface area contributed by atoms with Gasteiger partial charge in [0.1, 0.15) is 0 Å². The maximum Gasteiger partial charge on any atom is 2.00 e. The van der Waals surface area contributed by atoms with Gasteiger partial charge in [0.2, 0.25) is 0 Å². The van der Waals surface area contributed by atoms with Crippen LogP contribution in [-0.4, -0.2) is 110 Å². The molecule has 0 fully saturated rings. The molecule has 0 aliphatic heterocycles. The summed E-state index contributed by atoms with van der Waals surface area (Å²) in [6.45, 7) is 0. The Morgan fingerprint density at radius 2 is 1.14 bits per heavy atom. The summed E-state index contributed by atoms with van der Waals surface area (Å²) in [6, 6.07) is 0. The van der Waals surface area contributed by atoms with Gasteiger partial charge >= 0.3 is 100 Å². The van der Waals surface area contributed by atoms with Gasteiger partial charge in [-0.3, -0.25) is 4.46 Å². The van der Waals surface area contributed by atoms with Crippen molar-refractivity contribution in [2.75, 3.05) is 0 Å². The Labute approximate surface area is 117 Å². The van der Waals surface area contributed by atoms with Crippen LogP contribution in [-0.2, 0) is 9.94 Å². The summed E-state index contributed by atoms with van der Waals surface area (Å²) in [4.78, 5) is 14.3. The van der Waals surface area contributed by atoms with Gasteiger partial charge in [-0.1, -0.05) is 0 Å². The predicted octanol–water partition coefficient (Wildman–Crippen LogP) is -2.49. The summed E-state index contributed by atoms with van der Waals surface area (Å²) < 4.78 is 8.74. The van der Waals surface area contributed by atoms with Crippen LogP contribution in [0.3, 0.4) is 0 Å². The van der Waals surface area contributed by atoms with Crippen LogP contribution in [0.15, 0.2) is 0 Å². The molecule has 0 amide bonds. The first kappa shape index (κ1) is 22.7. The van der Waals surface area contributed by atoms with E-state index < -0.39 is 9.17 Å². The fraction of sp³-hybridized carbons (Fsp3) is 0. The fourth-order valence-electron chi connectivity index (χ4n) is 0. The molecule has 2 N–H and O–H groups in total. The van der Waals surface area contributed by atoms with Gasteiger partial charge in [0, 0.05) is 0 Å². The zero-order chi connectivity index (χ0) is 3.58. The van der Waals surface area contributed by atoms with Gasteiger partial charge < -0.3 is 15.1 Å². The molecule has 0 aliphatic carbocycles. The van der Waals surface area contributed by atoms with Crippen LogP contribution in [0.4, 0.5) is 0 Å². The third-order valence-corrected chi connectivity index (χ3v) is 0. The van der Waals surface area contributed by atoms with Crippen molar-refractivity contribution in [1.29, 1.82) is 0 Å². The molecule has 0 radical (unpaired) electrons. The first-order valence-electron chi connectivity index (χ1n) is 0.651. The Kier molecular flexibility index (Phi) is 51.2. The van der Waals surface area contributed by atoms with E-state index in [0.717, 1.165) is 0 Å². The molecule has 32 valence electrons. The topological polar surface area (TPSA) is 86.0 Å². The van der Waals surface area contributed by atoms with Crippen LogP contribution in [0.5, 0.6) is 0 Å². The smallest absolute Gasteiger partial charge is 2.00 e. The summed E-state index contributed by atoms with van der Waals surface area (Å²) in [7, 11) is -3.13. The second kappa shape index (κ2) is 15.8. The molecule has 0 aromatic heterocycles. The molecule has 0 bridgehead atoms. The second-order valence-electron chi connectivity index (χ2n) is 0.283. The van der Waals surface area contributed by atoms with Gasteiger partial charge in [-0.05, 0) is 0 Å². The second-order valence-corrected chi connectivity index (χ2v) is 0.848. The minimum absolute atomic E-state index is 0. The van der Waals surface area contributed by atoms with E-state index in [9.17, 15) is 0 Å². The van der Waals surface area contributed by atoms with Crippen molar-refractivity contribution in [2.24, 2.45) is 0 Å². The van der Waals surface area contributed by atoms with E-state index in [2.05, 4.69) is 0 Å². The summed E-state index contributed by atoms with van der Waals surface area (Å²) >= 11 is 0. The number of rotatable bonds is 0. The number of hydrogen-bond donors (Lipinski definition) is 2. The molecule has 0 rings (SSSR count). The van der Waals surface area contributed by atoms with Crippen LogP contribution < -0.4 is 0 Å². The fourth-order valence-corrected chi connectivity index (χ4v) is 0. The van der Waals surface area contributed by atoms with E-state index in [-0.39, 0.29) is 96.4 Å². The van der Waals surface area contributed by atoms with E-state index in [1.54, 1.807) is 0 Å². The van der Waals surface area contributed by atoms with Crippen molar-refractivity contribution in [3.05, 3.63) is 0 Å². The summed E-state index contributed by atoms with van der Waals surface area (Å²) in [6.07, 6.45) is 0. The average Bonchev–Trinajstić information content (AvgIpc) is 0.811. The molecular weight excluding hydrogens is 267 g/mol. The minimum Gasteiger partial charge on any atom is -2.00 e. The first-order valence-corrected chi connectivity index (χ1v) is 1.95. The van der Waals surface area contributed by atoms with Crippen LogP contribution in [0.2, 0.25) is 0 Å². The largest absolute Gasteiger partial charge is 2.00 e. The zero-order valence-corrected chi connectivity index (χ0v) is 11.6. The molecule has 0 atom stereocenters. The van der Waals surface area contributed by atoms with Gasteiger partial charge in [-0.25, -0.2) is 0 Å². The van der Waals surface area contributed by atoms with Crippen LogP contribution in [0.1, 0.15) is 0 Å². The zero-order valence-electron chi connectivity index (χ0n) is 3.63. The molecule has 0 aromatic carbocycles. The predicted molar refractivity (Wildman–Crippen MR) is 23.1 cm³/mol. The number of hydrogen-bond acceptors (Lipinski definition) is 1. The van der Waals surface area contributed by atoms with Gasteiger partial charge in [0.25, 0.3) is 0 Å². The van der Waals surface area contributed by atoms with Crippen LogP contribution in [0.25, 0.3) is 0 Å². The Bertz CT molecular complexity index is 32.7. The quantitative estimate of drug-likeness (QED) is 0.477. The average molecular weight is 269 g/mol. The Morgan fingerprint density at radius 1 is 1.14 bits per heavy atom. The maximum atomic E-state index is 8.74. The molecule has 0 aliphatic rings. The Balaban J connectivity index is -0.0000000150. The van der Waals surface area contributed by atoms with Crippen molar-refractivity contribution in [3.8, 4) is 0 Å². The molecular formula is H2O4SiSr2+2. The maximum absolute atomic E-state index is 8.74. The summed E-state index contributed by atoms with van der Waals surface area (Å²) in [5.74, 6) is 0. The third-order valence-electron chi connectivity index (χ3n) is 0. The molecule has 0 heterocycles. The standard InChI is InChI=1S/H2O3Si.O.2Sr/c1-4(2)3;;;/h1-2H;;;/q;-2;2*+2. The van der Waals surface area contributed by atoms with Gasteiger partial charge in [-0.2, -0.15) is 0 Å². The van der Waals surface area contributed by atoms with Gasteiger partial charge in [0.15, 0.2) is 0 Å².